The number of carbonyl (C=O) groups excluding carboxylic acids is 2. The van der Waals surface area contributed by atoms with Crippen LogP contribution in [0.25, 0.3) is 0 Å². The number of piperazine rings is 1. The molecule has 1 fully saturated rings. The lowest BCUT2D eigenvalue weighted by Crippen LogP contribution is -2.51. The number of fused-ring (bicyclic) bond motifs is 1. The third-order valence-corrected chi connectivity index (χ3v) is 5.10. The van der Waals surface area contributed by atoms with E-state index in [4.69, 9.17) is 4.74 Å². The second-order valence-electron chi connectivity index (χ2n) is 6.90. The van der Waals surface area contributed by atoms with Crippen LogP contribution in [-0.4, -0.2) is 54.4 Å². The van der Waals surface area contributed by atoms with Gasteiger partial charge in [-0.05, 0) is 41.5 Å². The summed E-state index contributed by atoms with van der Waals surface area (Å²) in [5, 5.41) is 0. The van der Waals surface area contributed by atoms with Gasteiger partial charge < -0.3 is 14.5 Å². The average Bonchev–Trinajstić information content (AvgIpc) is 3.15. The molecular weight excluding hydrogens is 347 g/mol. The lowest BCUT2D eigenvalue weighted by Gasteiger charge is -2.35. The van der Waals surface area contributed by atoms with Crippen LogP contribution in [0.3, 0.4) is 0 Å². The largest absolute Gasteiger partial charge is 0.493 e. The Morgan fingerprint density at radius 1 is 1.00 bits per heavy atom. The van der Waals surface area contributed by atoms with Crippen LogP contribution < -0.4 is 4.74 Å². The van der Waals surface area contributed by atoms with E-state index in [9.17, 15) is 14.0 Å². The molecule has 2 amide bonds. The molecule has 5 nitrogen and oxygen atoms in total. The minimum absolute atomic E-state index is 0.0121. The summed E-state index contributed by atoms with van der Waals surface area (Å²) in [6.45, 7) is 2.66. The number of halogens is 1. The van der Waals surface area contributed by atoms with Gasteiger partial charge in [0.2, 0.25) is 5.91 Å². The molecule has 140 valence electrons. The zero-order valence-corrected chi connectivity index (χ0v) is 15.0. The molecule has 2 aromatic rings. The molecule has 0 bridgehead atoms. The SMILES string of the molecule is O=C(Cc1cccc(F)c1)N1CCN(C(=O)c2ccc3c(c2)CCO3)CC1. The van der Waals surface area contributed by atoms with Gasteiger partial charge in [-0.3, -0.25) is 9.59 Å². The molecule has 0 N–H and O–H groups in total. The van der Waals surface area contributed by atoms with Crippen LogP contribution >= 0.6 is 0 Å². The van der Waals surface area contributed by atoms with Gasteiger partial charge in [-0.15, -0.1) is 0 Å². The number of amides is 2. The van der Waals surface area contributed by atoms with E-state index < -0.39 is 0 Å². The van der Waals surface area contributed by atoms with Crippen LogP contribution in [-0.2, 0) is 17.6 Å². The summed E-state index contributed by atoms with van der Waals surface area (Å²) in [7, 11) is 0. The van der Waals surface area contributed by atoms with Crippen molar-refractivity contribution >= 4 is 11.8 Å². The zero-order valence-electron chi connectivity index (χ0n) is 15.0. The predicted molar refractivity (Wildman–Crippen MR) is 98.2 cm³/mol. The first kappa shape index (κ1) is 17.5. The zero-order chi connectivity index (χ0) is 18.8. The fourth-order valence-electron chi connectivity index (χ4n) is 3.59. The van der Waals surface area contributed by atoms with E-state index in [2.05, 4.69) is 0 Å². The number of ether oxygens (including phenoxy) is 1. The highest BCUT2D eigenvalue weighted by molar-refractivity contribution is 5.95. The standard InChI is InChI=1S/C21H21FN2O3/c22-18-3-1-2-15(12-18)13-20(25)23-7-9-24(10-8-23)21(26)17-4-5-19-16(14-17)6-11-27-19/h1-5,12,14H,6-11,13H2. The fourth-order valence-corrected chi connectivity index (χ4v) is 3.59. The van der Waals surface area contributed by atoms with Crippen LogP contribution in [0.2, 0.25) is 0 Å². The molecule has 0 aliphatic carbocycles. The average molecular weight is 368 g/mol. The summed E-state index contributed by atoms with van der Waals surface area (Å²) in [6.07, 6.45) is 1.01. The molecule has 2 aromatic carbocycles. The van der Waals surface area contributed by atoms with Crippen molar-refractivity contribution in [2.45, 2.75) is 12.8 Å². The van der Waals surface area contributed by atoms with E-state index in [-0.39, 0.29) is 24.1 Å². The number of carbonyl (C=O) groups is 2. The molecule has 6 heteroatoms. The second-order valence-corrected chi connectivity index (χ2v) is 6.90. The molecule has 2 aliphatic heterocycles. The summed E-state index contributed by atoms with van der Waals surface area (Å²) in [5.41, 5.74) is 2.41. The summed E-state index contributed by atoms with van der Waals surface area (Å²) in [5.74, 6) is 0.471. The minimum atomic E-state index is -0.338. The van der Waals surface area contributed by atoms with E-state index in [1.165, 1.54) is 12.1 Å². The van der Waals surface area contributed by atoms with Crippen LogP contribution in [0.1, 0.15) is 21.5 Å². The van der Waals surface area contributed by atoms with Crippen molar-refractivity contribution in [3.63, 3.8) is 0 Å². The molecule has 0 aromatic heterocycles. The van der Waals surface area contributed by atoms with Gasteiger partial charge in [-0.25, -0.2) is 4.39 Å². The highest BCUT2D eigenvalue weighted by Gasteiger charge is 2.25. The van der Waals surface area contributed by atoms with E-state index >= 15 is 0 Å². The van der Waals surface area contributed by atoms with Crippen LogP contribution in [0, 0.1) is 5.82 Å². The van der Waals surface area contributed by atoms with Crippen molar-refractivity contribution in [3.8, 4) is 5.75 Å². The highest BCUT2D eigenvalue weighted by Crippen LogP contribution is 2.26. The molecule has 2 heterocycles. The molecule has 27 heavy (non-hydrogen) atoms. The lowest BCUT2D eigenvalue weighted by molar-refractivity contribution is -0.131. The summed E-state index contributed by atoms with van der Waals surface area (Å²) < 4.78 is 18.7. The Morgan fingerprint density at radius 3 is 2.56 bits per heavy atom. The molecule has 4 rings (SSSR count). The summed E-state index contributed by atoms with van der Waals surface area (Å²) >= 11 is 0. The van der Waals surface area contributed by atoms with Gasteiger partial charge in [-0.1, -0.05) is 12.1 Å². The van der Waals surface area contributed by atoms with Crippen LogP contribution in [0.15, 0.2) is 42.5 Å². The molecule has 0 atom stereocenters. The van der Waals surface area contributed by atoms with Gasteiger partial charge in [0.05, 0.1) is 13.0 Å². The Hall–Kier alpha value is -2.89. The van der Waals surface area contributed by atoms with Crippen molar-refractivity contribution in [2.24, 2.45) is 0 Å². The highest BCUT2D eigenvalue weighted by atomic mass is 19.1. The Bertz CT molecular complexity index is 875. The number of nitrogens with zero attached hydrogens (tertiary/aromatic N) is 2. The third kappa shape index (κ3) is 3.79. The number of rotatable bonds is 3. The van der Waals surface area contributed by atoms with Gasteiger partial charge in [0.15, 0.2) is 0 Å². The first-order valence-electron chi connectivity index (χ1n) is 9.17. The van der Waals surface area contributed by atoms with E-state index in [0.29, 0.717) is 43.9 Å². The Kier molecular flexibility index (Phi) is 4.79. The minimum Gasteiger partial charge on any atom is -0.493 e. The van der Waals surface area contributed by atoms with Crippen molar-refractivity contribution < 1.29 is 18.7 Å². The normalized spacial score (nSPS) is 16.0. The third-order valence-electron chi connectivity index (χ3n) is 5.10. The molecule has 0 radical (unpaired) electrons. The molecule has 0 saturated carbocycles. The maximum atomic E-state index is 13.3. The van der Waals surface area contributed by atoms with Crippen molar-refractivity contribution in [3.05, 3.63) is 65.0 Å². The predicted octanol–water partition coefficient (Wildman–Crippen LogP) is 2.29. The van der Waals surface area contributed by atoms with Gasteiger partial charge >= 0.3 is 0 Å². The van der Waals surface area contributed by atoms with Gasteiger partial charge in [-0.2, -0.15) is 0 Å². The molecule has 0 unspecified atom stereocenters. The van der Waals surface area contributed by atoms with Crippen LogP contribution in [0.4, 0.5) is 4.39 Å². The monoisotopic (exact) mass is 368 g/mol. The number of hydrogen-bond acceptors (Lipinski definition) is 3. The van der Waals surface area contributed by atoms with E-state index in [1.807, 2.05) is 12.1 Å². The van der Waals surface area contributed by atoms with E-state index in [0.717, 1.165) is 17.7 Å². The smallest absolute Gasteiger partial charge is 0.253 e. The molecule has 1 saturated heterocycles. The molecule has 0 spiro atoms. The maximum absolute atomic E-state index is 13.3. The van der Waals surface area contributed by atoms with Gasteiger partial charge in [0.1, 0.15) is 11.6 Å². The quantitative estimate of drug-likeness (QED) is 0.835. The van der Waals surface area contributed by atoms with Gasteiger partial charge in [0, 0.05) is 38.2 Å². The topological polar surface area (TPSA) is 49.9 Å². The number of hydrogen-bond donors (Lipinski definition) is 0. The van der Waals surface area contributed by atoms with Crippen molar-refractivity contribution in [2.75, 3.05) is 32.8 Å². The summed E-state index contributed by atoms with van der Waals surface area (Å²) in [4.78, 5) is 28.7. The van der Waals surface area contributed by atoms with Gasteiger partial charge in [0.25, 0.3) is 5.91 Å². The van der Waals surface area contributed by atoms with E-state index in [1.54, 1.807) is 28.0 Å². The molecule has 2 aliphatic rings. The first-order valence-corrected chi connectivity index (χ1v) is 9.17. The maximum Gasteiger partial charge on any atom is 0.253 e. The Balaban J connectivity index is 1.34. The first-order chi connectivity index (χ1) is 13.1. The number of benzene rings is 2. The fraction of sp³-hybridized carbons (Fsp3) is 0.333. The molecular formula is C21H21FN2O3. The van der Waals surface area contributed by atoms with Crippen LogP contribution in [0.5, 0.6) is 5.75 Å². The lowest BCUT2D eigenvalue weighted by atomic mass is 10.1. The summed E-state index contributed by atoms with van der Waals surface area (Å²) in [6, 6.07) is 11.7. The Labute approximate surface area is 157 Å². The van der Waals surface area contributed by atoms with Crippen molar-refractivity contribution in [1.82, 2.24) is 9.80 Å². The second kappa shape index (κ2) is 7.39. The van der Waals surface area contributed by atoms with Crippen molar-refractivity contribution in [1.29, 1.82) is 0 Å². The Morgan fingerprint density at radius 2 is 1.78 bits per heavy atom.